The van der Waals surface area contributed by atoms with Crippen molar-refractivity contribution in [1.29, 1.82) is 0 Å². The van der Waals surface area contributed by atoms with E-state index in [9.17, 15) is 27.6 Å². The summed E-state index contributed by atoms with van der Waals surface area (Å²) in [5, 5.41) is 2.78. The van der Waals surface area contributed by atoms with E-state index in [-0.39, 0.29) is 35.1 Å². The minimum atomic E-state index is -3.65. The summed E-state index contributed by atoms with van der Waals surface area (Å²) in [5.74, 6) is -1.54. The van der Waals surface area contributed by atoms with Gasteiger partial charge >= 0.3 is 5.97 Å². The zero-order valence-corrected chi connectivity index (χ0v) is 28.5. The van der Waals surface area contributed by atoms with Crippen LogP contribution < -0.4 is 14.8 Å². The van der Waals surface area contributed by atoms with Gasteiger partial charge in [0.25, 0.3) is 11.8 Å². The lowest BCUT2D eigenvalue weighted by Gasteiger charge is -2.27. The summed E-state index contributed by atoms with van der Waals surface area (Å²) in [7, 11) is -2.18. The fraction of sp³-hybridized carbons (Fsp3) is 0.529. The number of anilines is 1. The van der Waals surface area contributed by atoms with Crippen LogP contribution in [0.5, 0.6) is 11.5 Å². The lowest BCUT2D eigenvalue weighted by Crippen LogP contribution is -2.37. The third-order valence-electron chi connectivity index (χ3n) is 7.32. The number of hydrogen-bond acceptors (Lipinski definition) is 9. The maximum Gasteiger partial charge on any atom is 0.306 e. The third-order valence-corrected chi connectivity index (χ3v) is 8.24. The first-order chi connectivity index (χ1) is 21.6. The van der Waals surface area contributed by atoms with Gasteiger partial charge in [-0.2, -0.15) is 0 Å². The molecule has 3 amide bonds. The second-order valence-electron chi connectivity index (χ2n) is 12.4. The van der Waals surface area contributed by atoms with Gasteiger partial charge in [-0.25, -0.2) is 8.42 Å². The normalized spacial score (nSPS) is 13.7. The Hall–Kier alpha value is -3.93. The molecule has 3 rings (SSSR count). The number of nitrogens with one attached hydrogen (secondary N) is 1. The summed E-state index contributed by atoms with van der Waals surface area (Å²) in [6.45, 7) is 7.65. The van der Waals surface area contributed by atoms with E-state index in [0.717, 1.165) is 43.3 Å². The van der Waals surface area contributed by atoms with Gasteiger partial charge < -0.3 is 19.5 Å². The first kappa shape index (κ1) is 36.5. The van der Waals surface area contributed by atoms with Gasteiger partial charge in [0.05, 0.1) is 42.3 Å². The van der Waals surface area contributed by atoms with Crippen molar-refractivity contribution in [2.75, 3.05) is 31.0 Å². The molecule has 0 aromatic heterocycles. The van der Waals surface area contributed by atoms with Crippen molar-refractivity contribution >= 4 is 39.2 Å². The molecule has 1 aliphatic rings. The maximum atomic E-state index is 13.8. The van der Waals surface area contributed by atoms with Crippen molar-refractivity contribution in [1.82, 2.24) is 4.90 Å². The van der Waals surface area contributed by atoms with Crippen LogP contribution in [-0.2, 0) is 24.2 Å². The summed E-state index contributed by atoms with van der Waals surface area (Å²) < 4.78 is 41.3. The van der Waals surface area contributed by atoms with Crippen LogP contribution in [0.25, 0.3) is 0 Å². The molecule has 2 aromatic carbocycles. The van der Waals surface area contributed by atoms with Crippen molar-refractivity contribution in [2.45, 2.75) is 90.7 Å². The van der Waals surface area contributed by atoms with Gasteiger partial charge in [-0.05, 0) is 70.4 Å². The highest BCUT2D eigenvalue weighted by Crippen LogP contribution is 2.38. The van der Waals surface area contributed by atoms with Crippen LogP contribution in [0, 0.1) is 0 Å². The Morgan fingerprint density at radius 3 is 2.17 bits per heavy atom. The van der Waals surface area contributed by atoms with E-state index in [2.05, 4.69) is 5.32 Å². The first-order valence-corrected chi connectivity index (χ1v) is 17.7. The predicted molar refractivity (Wildman–Crippen MR) is 175 cm³/mol. The quantitative estimate of drug-likeness (QED) is 0.125. The summed E-state index contributed by atoms with van der Waals surface area (Å²) in [5.41, 5.74) is 0.230. The van der Waals surface area contributed by atoms with Gasteiger partial charge in [-0.15, -0.1) is 0 Å². The van der Waals surface area contributed by atoms with Gasteiger partial charge in [-0.1, -0.05) is 37.8 Å². The average Bonchev–Trinajstić information content (AvgIpc) is 3.22. The van der Waals surface area contributed by atoms with E-state index in [1.807, 2.05) is 20.8 Å². The number of imide groups is 1. The van der Waals surface area contributed by atoms with Crippen LogP contribution in [0.2, 0.25) is 0 Å². The molecule has 1 atom stereocenters. The fourth-order valence-electron chi connectivity index (χ4n) is 5.33. The smallest absolute Gasteiger partial charge is 0.306 e. The van der Waals surface area contributed by atoms with Gasteiger partial charge in [0, 0.05) is 19.1 Å². The Labute approximate surface area is 271 Å². The van der Waals surface area contributed by atoms with E-state index in [1.54, 1.807) is 37.3 Å². The number of nitrogens with zero attached hydrogens (tertiary/aromatic N) is 1. The molecule has 0 saturated carbocycles. The molecule has 1 heterocycles. The van der Waals surface area contributed by atoms with E-state index in [0.29, 0.717) is 36.5 Å². The van der Waals surface area contributed by atoms with Crippen LogP contribution in [0.15, 0.2) is 36.4 Å². The molecular weight excluding hydrogens is 612 g/mol. The highest BCUT2D eigenvalue weighted by Gasteiger charge is 2.43. The van der Waals surface area contributed by atoms with Crippen molar-refractivity contribution in [2.24, 2.45) is 0 Å². The minimum Gasteiger partial charge on any atom is -0.493 e. The number of fused-ring (bicyclic) bond motifs is 1. The number of benzene rings is 2. The lowest BCUT2D eigenvalue weighted by atomic mass is 10.1. The van der Waals surface area contributed by atoms with E-state index >= 15 is 0 Å². The van der Waals surface area contributed by atoms with Gasteiger partial charge in [-0.3, -0.25) is 24.1 Å². The van der Waals surface area contributed by atoms with Crippen LogP contribution in [-0.4, -0.2) is 68.3 Å². The number of sulfone groups is 1. The van der Waals surface area contributed by atoms with E-state index in [4.69, 9.17) is 14.2 Å². The largest absolute Gasteiger partial charge is 0.493 e. The summed E-state index contributed by atoms with van der Waals surface area (Å²) in [4.78, 5) is 53.0. The molecule has 0 aliphatic carbocycles. The molecule has 1 N–H and O–H groups in total. The Kier molecular flexibility index (Phi) is 12.8. The van der Waals surface area contributed by atoms with Crippen LogP contribution in [0.4, 0.5) is 5.69 Å². The van der Waals surface area contributed by atoms with Crippen LogP contribution in [0.1, 0.15) is 111 Å². The minimum absolute atomic E-state index is 0.0304. The molecule has 0 fully saturated rings. The molecular formula is C34H46N2O9S. The number of amides is 3. The number of unbranched alkanes of at least 4 members (excludes halogenated alkanes) is 5. The van der Waals surface area contributed by atoms with E-state index < -0.39 is 39.0 Å². The molecule has 0 bridgehead atoms. The van der Waals surface area contributed by atoms with Crippen LogP contribution in [0.3, 0.4) is 0 Å². The van der Waals surface area contributed by atoms with Crippen molar-refractivity contribution in [3.05, 3.63) is 53.1 Å². The van der Waals surface area contributed by atoms with Gasteiger partial charge in [0.15, 0.2) is 11.5 Å². The third kappa shape index (κ3) is 10.3. The predicted octanol–water partition coefficient (Wildman–Crippen LogP) is 5.88. The SMILES string of the molecule is CCOc1cc([C@@H](CS(C)(=O)=O)N2C(=O)c3cccc(NC(=O)CCCCCCCCC(=O)OC(C)(C)C)c3C2=O)ccc1OC. The van der Waals surface area contributed by atoms with Crippen molar-refractivity contribution < 1.29 is 41.8 Å². The topological polar surface area (TPSA) is 145 Å². The molecule has 2 aromatic rings. The second kappa shape index (κ2) is 16.1. The first-order valence-electron chi connectivity index (χ1n) is 15.7. The molecule has 12 heteroatoms. The number of carbonyl (C=O) groups is 4. The monoisotopic (exact) mass is 658 g/mol. The summed E-state index contributed by atoms with van der Waals surface area (Å²) >= 11 is 0. The number of methoxy groups -OCH3 is 1. The maximum absolute atomic E-state index is 13.8. The number of esters is 1. The molecule has 0 unspecified atom stereocenters. The molecule has 11 nitrogen and oxygen atoms in total. The molecule has 1 aliphatic heterocycles. The highest BCUT2D eigenvalue weighted by atomic mass is 32.2. The highest BCUT2D eigenvalue weighted by molar-refractivity contribution is 7.90. The standard InChI is InChI=1S/C34H46N2O9S/c1-7-44-28-21-23(19-20-27(28)43-5)26(22-46(6,41)42)36-32(39)24-15-14-16-25(31(24)33(36)40)35-29(37)17-12-10-8-9-11-13-18-30(38)45-34(2,3)4/h14-16,19-21,26H,7-13,17-18,22H2,1-6H3,(H,35,37)/t26-/m1/s1. The van der Waals surface area contributed by atoms with Crippen LogP contribution >= 0.6 is 0 Å². The van der Waals surface area contributed by atoms with Gasteiger partial charge in [0.2, 0.25) is 5.91 Å². The average molecular weight is 659 g/mol. The summed E-state index contributed by atoms with van der Waals surface area (Å²) in [6, 6.07) is 8.26. The molecule has 252 valence electrons. The van der Waals surface area contributed by atoms with Crippen molar-refractivity contribution in [3.63, 3.8) is 0 Å². The second-order valence-corrected chi connectivity index (χ2v) is 14.6. The lowest BCUT2D eigenvalue weighted by molar-refractivity contribution is -0.154. The number of rotatable bonds is 17. The zero-order valence-electron chi connectivity index (χ0n) is 27.6. The van der Waals surface area contributed by atoms with E-state index in [1.165, 1.54) is 13.2 Å². The molecule has 0 saturated heterocycles. The fourth-order valence-corrected chi connectivity index (χ4v) is 6.25. The molecule has 0 spiro atoms. The molecule has 0 radical (unpaired) electrons. The Bertz CT molecular complexity index is 1530. The number of hydrogen-bond donors (Lipinski definition) is 1. The Morgan fingerprint density at radius 1 is 0.913 bits per heavy atom. The summed E-state index contributed by atoms with van der Waals surface area (Å²) in [6.07, 6.45) is 6.66. The van der Waals surface area contributed by atoms with Crippen molar-refractivity contribution in [3.8, 4) is 11.5 Å². The number of ether oxygens (including phenoxy) is 3. The number of carbonyl (C=O) groups excluding carboxylic acids is 4. The van der Waals surface area contributed by atoms with Gasteiger partial charge in [0.1, 0.15) is 15.4 Å². The Morgan fingerprint density at radius 2 is 1.57 bits per heavy atom. The Balaban J connectivity index is 1.64. The molecule has 46 heavy (non-hydrogen) atoms. The zero-order chi connectivity index (χ0) is 34.1.